The lowest BCUT2D eigenvalue weighted by Gasteiger charge is -2.47. The van der Waals surface area contributed by atoms with Crippen molar-refractivity contribution in [3.8, 4) is 5.75 Å². The normalized spacial score (nSPS) is 28.2. The number of rotatable bonds is 4. The molecule has 0 saturated carbocycles. The molecule has 2 atom stereocenters. The molecule has 2 heterocycles. The first kappa shape index (κ1) is 19.4. The molecule has 0 unspecified atom stereocenters. The molecule has 6 nitrogen and oxygen atoms in total. The number of carbonyl (C=O) groups excluding carboxylic acids is 1. The van der Waals surface area contributed by atoms with Crippen molar-refractivity contribution in [2.45, 2.75) is 43.9 Å². The summed E-state index contributed by atoms with van der Waals surface area (Å²) in [6.45, 7) is 4.21. The standard InChI is InChI=1S/C19H27ClN2O4/c1-14(23)21-8-5-16(6-9-21)22-10-7-18(24)19(25,12-22)13-26-17-4-2-3-15(20)11-17/h2-4,11,16,18,24-25H,5-10,12-13H2,1H3/t18-,19-/m0/s1. The van der Waals surface area contributed by atoms with Crippen LogP contribution in [0.3, 0.4) is 0 Å². The van der Waals surface area contributed by atoms with Crippen molar-refractivity contribution in [1.29, 1.82) is 0 Å². The van der Waals surface area contributed by atoms with E-state index in [0.29, 0.717) is 29.8 Å². The van der Waals surface area contributed by atoms with Gasteiger partial charge in [-0.3, -0.25) is 9.69 Å². The Kier molecular flexibility index (Phi) is 6.07. The monoisotopic (exact) mass is 382 g/mol. The van der Waals surface area contributed by atoms with Gasteiger partial charge >= 0.3 is 0 Å². The Labute approximate surface area is 159 Å². The van der Waals surface area contributed by atoms with Crippen LogP contribution in [-0.4, -0.2) is 76.5 Å². The molecule has 0 aliphatic carbocycles. The van der Waals surface area contributed by atoms with E-state index in [4.69, 9.17) is 16.3 Å². The maximum absolute atomic E-state index is 11.5. The van der Waals surface area contributed by atoms with Gasteiger partial charge in [-0.15, -0.1) is 0 Å². The van der Waals surface area contributed by atoms with Crippen LogP contribution in [0.25, 0.3) is 0 Å². The van der Waals surface area contributed by atoms with Gasteiger partial charge in [0.05, 0.1) is 6.10 Å². The van der Waals surface area contributed by atoms with E-state index in [1.807, 2.05) is 4.90 Å². The Morgan fingerprint density at radius 2 is 2.04 bits per heavy atom. The second-order valence-electron chi connectivity index (χ2n) is 7.36. The first-order chi connectivity index (χ1) is 12.4. The van der Waals surface area contributed by atoms with Crippen molar-refractivity contribution in [3.05, 3.63) is 29.3 Å². The number of carbonyl (C=O) groups is 1. The largest absolute Gasteiger partial charge is 0.490 e. The van der Waals surface area contributed by atoms with Crippen molar-refractivity contribution in [1.82, 2.24) is 9.80 Å². The fraction of sp³-hybridized carbons (Fsp3) is 0.632. The molecule has 0 aromatic heterocycles. The van der Waals surface area contributed by atoms with Gasteiger partial charge in [0.2, 0.25) is 5.91 Å². The molecular weight excluding hydrogens is 356 g/mol. The molecule has 1 aromatic rings. The van der Waals surface area contributed by atoms with E-state index in [9.17, 15) is 15.0 Å². The van der Waals surface area contributed by atoms with Gasteiger partial charge in [-0.25, -0.2) is 0 Å². The molecule has 7 heteroatoms. The number of aliphatic hydroxyl groups excluding tert-OH is 1. The number of nitrogens with zero attached hydrogens (tertiary/aromatic N) is 2. The zero-order valence-corrected chi connectivity index (χ0v) is 15.9. The SMILES string of the molecule is CC(=O)N1CCC(N2CC[C@H](O)[C@@](O)(COc3cccc(Cl)c3)C2)CC1. The van der Waals surface area contributed by atoms with Crippen LogP contribution in [0.4, 0.5) is 0 Å². The van der Waals surface area contributed by atoms with Crippen LogP contribution >= 0.6 is 11.6 Å². The summed E-state index contributed by atoms with van der Waals surface area (Å²) >= 11 is 5.96. The topological polar surface area (TPSA) is 73.2 Å². The van der Waals surface area contributed by atoms with Gasteiger partial charge in [-0.1, -0.05) is 17.7 Å². The van der Waals surface area contributed by atoms with Gasteiger partial charge in [0.1, 0.15) is 18.0 Å². The van der Waals surface area contributed by atoms with E-state index >= 15 is 0 Å². The Morgan fingerprint density at radius 3 is 2.69 bits per heavy atom. The number of benzene rings is 1. The summed E-state index contributed by atoms with van der Waals surface area (Å²) in [6.07, 6.45) is 1.46. The lowest BCUT2D eigenvalue weighted by Crippen LogP contribution is -2.62. The number of ether oxygens (including phenoxy) is 1. The van der Waals surface area contributed by atoms with E-state index in [1.54, 1.807) is 31.2 Å². The highest BCUT2D eigenvalue weighted by Gasteiger charge is 2.44. The number of aliphatic hydroxyl groups is 2. The minimum Gasteiger partial charge on any atom is -0.490 e. The molecule has 2 N–H and O–H groups in total. The van der Waals surface area contributed by atoms with Crippen LogP contribution < -0.4 is 4.74 Å². The van der Waals surface area contributed by atoms with Crippen LogP contribution in [-0.2, 0) is 4.79 Å². The van der Waals surface area contributed by atoms with Crippen molar-refractivity contribution in [2.24, 2.45) is 0 Å². The molecule has 1 aromatic carbocycles. The summed E-state index contributed by atoms with van der Waals surface area (Å²) < 4.78 is 5.71. The van der Waals surface area contributed by atoms with Gasteiger partial charge in [0, 0.05) is 44.2 Å². The Bertz CT molecular complexity index is 636. The molecule has 3 rings (SSSR count). The predicted molar refractivity (Wildman–Crippen MR) is 99.4 cm³/mol. The van der Waals surface area contributed by atoms with Crippen LogP contribution in [0.5, 0.6) is 5.75 Å². The van der Waals surface area contributed by atoms with Gasteiger partial charge in [-0.05, 0) is 37.5 Å². The second-order valence-corrected chi connectivity index (χ2v) is 7.80. The quantitative estimate of drug-likeness (QED) is 0.826. The summed E-state index contributed by atoms with van der Waals surface area (Å²) in [5.74, 6) is 0.689. The molecular formula is C19H27ClN2O4. The highest BCUT2D eigenvalue weighted by molar-refractivity contribution is 6.30. The molecule has 0 bridgehead atoms. The predicted octanol–water partition coefficient (Wildman–Crippen LogP) is 1.53. The molecule has 2 fully saturated rings. The van der Waals surface area contributed by atoms with Crippen molar-refractivity contribution in [2.75, 3.05) is 32.8 Å². The smallest absolute Gasteiger partial charge is 0.219 e. The van der Waals surface area contributed by atoms with E-state index in [2.05, 4.69) is 4.90 Å². The van der Waals surface area contributed by atoms with Gasteiger partial charge in [0.25, 0.3) is 0 Å². The number of halogens is 1. The molecule has 1 amide bonds. The van der Waals surface area contributed by atoms with Crippen LogP contribution in [0.15, 0.2) is 24.3 Å². The Morgan fingerprint density at radius 1 is 1.31 bits per heavy atom. The van der Waals surface area contributed by atoms with Crippen molar-refractivity contribution in [3.63, 3.8) is 0 Å². The number of β-amino-alcohol motifs (C(OH)–C–C–N with tert-alkyl or cyclic N) is 1. The zero-order valence-electron chi connectivity index (χ0n) is 15.1. The van der Waals surface area contributed by atoms with Crippen LogP contribution in [0.2, 0.25) is 5.02 Å². The molecule has 2 aliphatic rings. The number of likely N-dealkylation sites (tertiary alicyclic amines) is 2. The number of piperidine rings is 2. The lowest BCUT2D eigenvalue weighted by atomic mass is 9.88. The number of hydrogen-bond donors (Lipinski definition) is 2. The summed E-state index contributed by atoms with van der Waals surface area (Å²) in [6, 6.07) is 7.33. The molecule has 0 spiro atoms. The minimum absolute atomic E-state index is 0.0112. The summed E-state index contributed by atoms with van der Waals surface area (Å²) in [5, 5.41) is 21.9. The fourth-order valence-electron chi connectivity index (χ4n) is 3.86. The highest BCUT2D eigenvalue weighted by atomic mass is 35.5. The van der Waals surface area contributed by atoms with E-state index in [0.717, 1.165) is 32.5 Å². The number of amides is 1. The molecule has 2 saturated heterocycles. The average Bonchev–Trinajstić information content (AvgIpc) is 2.63. The minimum atomic E-state index is -1.32. The zero-order chi connectivity index (χ0) is 18.7. The van der Waals surface area contributed by atoms with E-state index < -0.39 is 11.7 Å². The third kappa shape index (κ3) is 4.49. The Balaban J connectivity index is 1.59. The fourth-order valence-corrected chi connectivity index (χ4v) is 4.04. The van der Waals surface area contributed by atoms with Crippen molar-refractivity contribution >= 4 is 17.5 Å². The number of hydrogen-bond acceptors (Lipinski definition) is 5. The summed E-state index contributed by atoms with van der Waals surface area (Å²) in [5.41, 5.74) is -1.32. The Hall–Kier alpha value is -1.34. The molecule has 2 aliphatic heterocycles. The van der Waals surface area contributed by atoms with Crippen LogP contribution in [0.1, 0.15) is 26.2 Å². The summed E-state index contributed by atoms with van der Waals surface area (Å²) in [4.78, 5) is 15.6. The lowest BCUT2D eigenvalue weighted by molar-refractivity contribution is -0.149. The second kappa shape index (κ2) is 8.13. The van der Waals surface area contributed by atoms with Gasteiger partial charge in [0.15, 0.2) is 0 Å². The van der Waals surface area contributed by atoms with Crippen molar-refractivity contribution < 1.29 is 19.7 Å². The third-order valence-corrected chi connectivity index (χ3v) is 5.73. The maximum atomic E-state index is 11.5. The maximum Gasteiger partial charge on any atom is 0.219 e. The van der Waals surface area contributed by atoms with Crippen LogP contribution in [0, 0.1) is 0 Å². The average molecular weight is 383 g/mol. The van der Waals surface area contributed by atoms with Gasteiger partial charge in [-0.2, -0.15) is 0 Å². The van der Waals surface area contributed by atoms with E-state index in [-0.39, 0.29) is 12.5 Å². The first-order valence-corrected chi connectivity index (χ1v) is 9.53. The molecule has 0 radical (unpaired) electrons. The first-order valence-electron chi connectivity index (χ1n) is 9.16. The third-order valence-electron chi connectivity index (χ3n) is 5.50. The molecule has 144 valence electrons. The molecule has 26 heavy (non-hydrogen) atoms. The summed E-state index contributed by atoms with van der Waals surface area (Å²) in [7, 11) is 0. The van der Waals surface area contributed by atoms with Gasteiger partial charge < -0.3 is 19.8 Å². The highest BCUT2D eigenvalue weighted by Crippen LogP contribution is 2.28. The van der Waals surface area contributed by atoms with E-state index in [1.165, 1.54) is 0 Å².